The van der Waals surface area contributed by atoms with Gasteiger partial charge in [0.2, 0.25) is 0 Å². The second-order valence-corrected chi connectivity index (χ2v) is 7.31. The summed E-state index contributed by atoms with van der Waals surface area (Å²) in [7, 11) is 0. The summed E-state index contributed by atoms with van der Waals surface area (Å²) in [4.78, 5) is 22.6. The summed E-state index contributed by atoms with van der Waals surface area (Å²) in [6.07, 6.45) is 6.81. The van der Waals surface area contributed by atoms with Gasteiger partial charge >= 0.3 is 0 Å². The smallest absolute Gasteiger partial charge is 0.273 e. The third-order valence-electron chi connectivity index (χ3n) is 5.15. The largest absolute Gasteiger partial charge is 0.355 e. The second-order valence-electron chi connectivity index (χ2n) is 7.31. The van der Waals surface area contributed by atoms with E-state index in [1.165, 1.54) is 0 Å². The van der Waals surface area contributed by atoms with E-state index in [1.807, 2.05) is 30.3 Å². The molecular weight excluding hydrogens is 394 g/mol. The molecule has 1 saturated heterocycles. The summed E-state index contributed by atoms with van der Waals surface area (Å²) >= 11 is 0. The molecule has 0 radical (unpaired) electrons. The van der Waals surface area contributed by atoms with Crippen molar-refractivity contribution in [2.45, 2.75) is 0 Å². The van der Waals surface area contributed by atoms with E-state index < -0.39 is 0 Å². The van der Waals surface area contributed by atoms with Crippen LogP contribution in [-0.4, -0.2) is 50.9 Å². The fraction of sp³-hybridized carbons (Fsp3) is 0.182. The lowest BCUT2D eigenvalue weighted by molar-refractivity contribution is 0.0935. The van der Waals surface area contributed by atoms with Crippen LogP contribution in [0.25, 0.3) is 22.6 Å². The van der Waals surface area contributed by atoms with Crippen LogP contribution in [0.4, 0.5) is 5.82 Å². The van der Waals surface area contributed by atoms with Crippen molar-refractivity contribution in [3.63, 3.8) is 0 Å². The van der Waals surface area contributed by atoms with Crippen LogP contribution in [-0.2, 0) is 0 Å². The van der Waals surface area contributed by atoms with Crippen molar-refractivity contribution in [1.29, 1.82) is 0 Å². The molecule has 0 spiro atoms. The lowest BCUT2D eigenvalue weighted by Gasteiger charge is -2.39. The van der Waals surface area contributed by atoms with Gasteiger partial charge in [-0.3, -0.25) is 14.8 Å². The Kier molecular flexibility index (Phi) is 5.05. The van der Waals surface area contributed by atoms with Crippen molar-refractivity contribution in [2.75, 3.05) is 24.5 Å². The number of carbonyl (C=O) groups excluding carboxylic acids is 1. The first-order valence-corrected chi connectivity index (χ1v) is 9.90. The van der Waals surface area contributed by atoms with E-state index in [2.05, 4.69) is 35.5 Å². The third kappa shape index (κ3) is 4.11. The molecule has 5 rings (SSSR count). The molecular formula is C22H19N7O2. The predicted molar refractivity (Wildman–Crippen MR) is 113 cm³/mol. The molecule has 0 unspecified atom stereocenters. The van der Waals surface area contributed by atoms with E-state index in [9.17, 15) is 4.79 Å². The molecule has 0 atom stereocenters. The number of amides is 1. The topological polar surface area (TPSA) is 110 Å². The van der Waals surface area contributed by atoms with Gasteiger partial charge in [-0.25, -0.2) is 0 Å². The number of pyridine rings is 2. The van der Waals surface area contributed by atoms with Crippen molar-refractivity contribution in [3.05, 3.63) is 72.9 Å². The average Bonchev–Trinajstić information content (AvgIpc) is 3.30. The van der Waals surface area contributed by atoms with Gasteiger partial charge in [-0.2, -0.15) is 0 Å². The molecule has 9 heteroatoms. The zero-order valence-corrected chi connectivity index (χ0v) is 16.5. The highest BCUT2D eigenvalue weighted by atomic mass is 16.5. The fourth-order valence-electron chi connectivity index (χ4n) is 3.41. The van der Waals surface area contributed by atoms with E-state index in [0.717, 1.165) is 35.7 Å². The Bertz CT molecular complexity index is 1160. The number of rotatable bonds is 6. The Morgan fingerprint density at radius 3 is 2.65 bits per heavy atom. The van der Waals surface area contributed by atoms with Crippen LogP contribution < -0.4 is 10.2 Å². The van der Waals surface area contributed by atoms with Crippen LogP contribution in [0.1, 0.15) is 10.5 Å². The first kappa shape index (κ1) is 18.9. The molecule has 1 amide bonds. The molecule has 31 heavy (non-hydrogen) atoms. The van der Waals surface area contributed by atoms with E-state index in [4.69, 9.17) is 4.52 Å². The molecule has 0 aliphatic carbocycles. The van der Waals surface area contributed by atoms with Gasteiger partial charge in [0.05, 0.1) is 5.69 Å². The van der Waals surface area contributed by atoms with Gasteiger partial charge in [0.25, 0.3) is 5.91 Å². The van der Waals surface area contributed by atoms with Crippen molar-refractivity contribution < 1.29 is 9.32 Å². The predicted octanol–water partition coefficient (Wildman–Crippen LogP) is 2.45. The molecule has 9 nitrogen and oxygen atoms in total. The van der Waals surface area contributed by atoms with Crippen molar-refractivity contribution in [1.82, 2.24) is 30.6 Å². The molecule has 4 aromatic rings. The maximum absolute atomic E-state index is 12.4. The van der Waals surface area contributed by atoms with Gasteiger partial charge in [-0.15, -0.1) is 10.2 Å². The summed E-state index contributed by atoms with van der Waals surface area (Å²) in [6.45, 7) is 2.18. The minimum Gasteiger partial charge on any atom is -0.355 e. The van der Waals surface area contributed by atoms with Gasteiger partial charge in [-0.1, -0.05) is 5.16 Å². The Balaban J connectivity index is 1.11. The van der Waals surface area contributed by atoms with Crippen LogP contribution in [0.3, 0.4) is 0 Å². The number of nitrogens with zero attached hydrogens (tertiary/aromatic N) is 6. The maximum Gasteiger partial charge on any atom is 0.273 e. The number of anilines is 1. The third-order valence-corrected chi connectivity index (χ3v) is 5.15. The molecule has 1 N–H and O–H groups in total. The molecule has 1 fully saturated rings. The highest BCUT2D eigenvalue weighted by Crippen LogP contribution is 2.24. The average molecular weight is 413 g/mol. The summed E-state index contributed by atoms with van der Waals surface area (Å²) < 4.78 is 5.26. The van der Waals surface area contributed by atoms with Crippen LogP contribution in [0.5, 0.6) is 0 Å². The van der Waals surface area contributed by atoms with Crippen LogP contribution in [0, 0.1) is 5.92 Å². The van der Waals surface area contributed by atoms with Gasteiger partial charge in [0.1, 0.15) is 0 Å². The molecule has 1 aliphatic heterocycles. The zero-order valence-electron chi connectivity index (χ0n) is 16.5. The Morgan fingerprint density at radius 1 is 1.03 bits per heavy atom. The van der Waals surface area contributed by atoms with Crippen molar-refractivity contribution in [2.24, 2.45) is 5.92 Å². The van der Waals surface area contributed by atoms with E-state index in [-0.39, 0.29) is 11.6 Å². The maximum atomic E-state index is 12.4. The molecule has 5 heterocycles. The Hall–Kier alpha value is -4.14. The number of nitrogens with one attached hydrogen (secondary N) is 1. The first-order valence-electron chi connectivity index (χ1n) is 9.90. The second kappa shape index (κ2) is 8.31. The SMILES string of the molecule is O=C(NCC1CN(c2ccc(-c3ccncc3)nn2)C1)c1cc(-c2cccnc2)on1. The lowest BCUT2D eigenvalue weighted by Crippen LogP contribution is -2.52. The molecule has 0 saturated carbocycles. The highest BCUT2D eigenvalue weighted by molar-refractivity contribution is 5.93. The fourth-order valence-corrected chi connectivity index (χ4v) is 3.41. The van der Waals surface area contributed by atoms with Crippen LogP contribution >= 0.6 is 0 Å². The highest BCUT2D eigenvalue weighted by Gasteiger charge is 2.28. The molecule has 154 valence electrons. The lowest BCUT2D eigenvalue weighted by atomic mass is 10.00. The normalized spacial score (nSPS) is 13.6. The van der Waals surface area contributed by atoms with Gasteiger partial charge < -0.3 is 14.7 Å². The number of hydrogen-bond donors (Lipinski definition) is 1. The standard InChI is InChI=1S/C22H19N7O2/c30-22(19-10-20(31-28-19)17-2-1-7-24-12-17)25-11-15-13-29(14-15)21-4-3-18(26-27-21)16-5-8-23-9-6-16/h1-10,12,15H,11,13-14H2,(H,25,30). The Labute approximate surface area is 178 Å². The van der Waals surface area contributed by atoms with Gasteiger partial charge in [-0.05, 0) is 36.4 Å². The van der Waals surface area contributed by atoms with Crippen molar-refractivity contribution >= 4 is 11.7 Å². The van der Waals surface area contributed by atoms with Crippen LogP contribution in [0.2, 0.25) is 0 Å². The number of hydrogen-bond acceptors (Lipinski definition) is 8. The molecule has 1 aliphatic rings. The summed E-state index contributed by atoms with van der Waals surface area (Å²) in [5, 5.41) is 15.4. The number of carbonyl (C=O) groups is 1. The quantitative estimate of drug-likeness (QED) is 0.513. The van der Waals surface area contributed by atoms with E-state index >= 15 is 0 Å². The Morgan fingerprint density at radius 2 is 1.90 bits per heavy atom. The minimum absolute atomic E-state index is 0.251. The van der Waals surface area contributed by atoms with Crippen molar-refractivity contribution in [3.8, 4) is 22.6 Å². The summed E-state index contributed by atoms with van der Waals surface area (Å²) in [5.74, 6) is 1.44. The first-order chi connectivity index (χ1) is 15.3. The van der Waals surface area contributed by atoms with Gasteiger partial charge in [0, 0.05) is 67.5 Å². The number of aromatic nitrogens is 5. The molecule has 0 aromatic carbocycles. The van der Waals surface area contributed by atoms with E-state index in [1.54, 1.807) is 36.9 Å². The van der Waals surface area contributed by atoms with E-state index in [0.29, 0.717) is 18.2 Å². The summed E-state index contributed by atoms with van der Waals surface area (Å²) in [6, 6.07) is 13.0. The van der Waals surface area contributed by atoms with Gasteiger partial charge in [0.15, 0.2) is 17.3 Å². The molecule has 0 bridgehead atoms. The summed E-state index contributed by atoms with van der Waals surface area (Å²) in [5.41, 5.74) is 2.83. The molecule has 4 aromatic heterocycles. The van der Waals surface area contributed by atoms with Crippen LogP contribution in [0.15, 0.2) is 71.8 Å². The zero-order chi connectivity index (χ0) is 21.0. The minimum atomic E-state index is -0.251. The monoisotopic (exact) mass is 413 g/mol.